The monoisotopic (exact) mass is 306 g/mol. The van der Waals surface area contributed by atoms with E-state index in [4.69, 9.17) is 0 Å². The van der Waals surface area contributed by atoms with Gasteiger partial charge in [-0.05, 0) is 63.4 Å². The van der Waals surface area contributed by atoms with Crippen molar-refractivity contribution < 1.29 is 0 Å². The highest BCUT2D eigenvalue weighted by molar-refractivity contribution is 7.09. The number of fused-ring (bicyclic) bond motifs is 1. The summed E-state index contributed by atoms with van der Waals surface area (Å²) in [4.78, 5) is 4.07. The Balaban J connectivity index is 1.47. The Morgan fingerprint density at radius 2 is 2.14 bits per heavy atom. The van der Waals surface area contributed by atoms with Crippen LogP contribution >= 0.6 is 11.3 Å². The van der Waals surface area contributed by atoms with E-state index in [0.29, 0.717) is 12.1 Å². The van der Waals surface area contributed by atoms with Crippen LogP contribution in [0.2, 0.25) is 0 Å². The second-order valence-corrected chi connectivity index (χ2v) is 8.20. The molecule has 2 nitrogen and oxygen atoms in total. The lowest BCUT2D eigenvalue weighted by Crippen LogP contribution is -2.53. The van der Waals surface area contributed by atoms with Crippen LogP contribution in [0.3, 0.4) is 0 Å². The van der Waals surface area contributed by atoms with E-state index in [0.717, 1.165) is 12.0 Å². The van der Waals surface area contributed by atoms with Crippen molar-refractivity contribution in [1.29, 1.82) is 0 Å². The van der Waals surface area contributed by atoms with Gasteiger partial charge in [0, 0.05) is 29.5 Å². The number of nitrogens with one attached hydrogen (secondary N) is 1. The van der Waals surface area contributed by atoms with Crippen molar-refractivity contribution >= 4 is 11.3 Å². The van der Waals surface area contributed by atoms with Gasteiger partial charge in [-0.25, -0.2) is 0 Å². The maximum atomic E-state index is 3.96. The Labute approximate surface area is 133 Å². The van der Waals surface area contributed by atoms with Crippen LogP contribution in [0.4, 0.5) is 0 Å². The summed E-state index contributed by atoms with van der Waals surface area (Å²) < 4.78 is 0. The maximum absolute atomic E-state index is 3.96. The van der Waals surface area contributed by atoms with Gasteiger partial charge in [0.2, 0.25) is 0 Å². The summed E-state index contributed by atoms with van der Waals surface area (Å²) in [5, 5.41) is 6.15. The Kier molecular flexibility index (Phi) is 5.36. The molecule has 0 radical (unpaired) electrons. The SMILES string of the molecule is CC(Cc1cccs1)N(C)CC1CCC2CCCCC2N1. The van der Waals surface area contributed by atoms with Crippen LogP contribution in [0.5, 0.6) is 0 Å². The fraction of sp³-hybridized carbons (Fsp3) is 0.778. The van der Waals surface area contributed by atoms with Gasteiger partial charge < -0.3 is 10.2 Å². The molecule has 1 aliphatic heterocycles. The Hall–Kier alpha value is -0.380. The first-order valence-electron chi connectivity index (χ1n) is 8.71. The first-order valence-corrected chi connectivity index (χ1v) is 9.59. The third-order valence-corrected chi connectivity index (χ3v) is 6.48. The zero-order valence-corrected chi connectivity index (χ0v) is 14.4. The van der Waals surface area contributed by atoms with Gasteiger partial charge in [-0.15, -0.1) is 11.3 Å². The third-order valence-electron chi connectivity index (χ3n) is 5.58. The van der Waals surface area contributed by atoms with E-state index in [9.17, 15) is 0 Å². The molecule has 0 spiro atoms. The first-order chi connectivity index (χ1) is 10.2. The van der Waals surface area contributed by atoms with E-state index < -0.39 is 0 Å². The van der Waals surface area contributed by atoms with E-state index in [2.05, 4.69) is 41.7 Å². The Morgan fingerprint density at radius 1 is 1.29 bits per heavy atom. The molecule has 3 rings (SSSR count). The summed E-state index contributed by atoms with van der Waals surface area (Å²) in [6, 6.07) is 6.59. The molecule has 4 unspecified atom stereocenters. The van der Waals surface area contributed by atoms with Gasteiger partial charge in [-0.3, -0.25) is 0 Å². The molecule has 4 atom stereocenters. The fourth-order valence-electron chi connectivity index (χ4n) is 4.12. The van der Waals surface area contributed by atoms with Crippen molar-refractivity contribution in [2.75, 3.05) is 13.6 Å². The average molecular weight is 307 g/mol. The lowest BCUT2D eigenvalue weighted by atomic mass is 9.77. The van der Waals surface area contributed by atoms with Crippen molar-refractivity contribution in [2.24, 2.45) is 5.92 Å². The van der Waals surface area contributed by atoms with Gasteiger partial charge in [0.15, 0.2) is 0 Å². The molecule has 2 fully saturated rings. The molecule has 0 aromatic carbocycles. The molecule has 118 valence electrons. The normalized spacial score (nSPS) is 31.1. The molecule has 2 aliphatic rings. The molecule has 0 amide bonds. The standard InChI is InChI=1S/C18H30N2S/c1-14(12-17-7-5-11-21-17)20(2)13-16-10-9-15-6-3-4-8-18(15)19-16/h5,7,11,14-16,18-19H,3-4,6,8-10,12-13H2,1-2H3. The summed E-state index contributed by atoms with van der Waals surface area (Å²) in [5.74, 6) is 0.976. The van der Waals surface area contributed by atoms with E-state index in [1.54, 1.807) is 0 Å². The third kappa shape index (κ3) is 4.08. The van der Waals surface area contributed by atoms with Crippen LogP contribution in [0, 0.1) is 5.92 Å². The van der Waals surface area contributed by atoms with Crippen LogP contribution in [0.25, 0.3) is 0 Å². The summed E-state index contributed by atoms with van der Waals surface area (Å²) >= 11 is 1.89. The zero-order valence-electron chi connectivity index (χ0n) is 13.6. The smallest absolute Gasteiger partial charge is 0.0197 e. The highest BCUT2D eigenvalue weighted by Gasteiger charge is 2.32. The zero-order chi connectivity index (χ0) is 14.7. The lowest BCUT2D eigenvalue weighted by molar-refractivity contribution is 0.140. The number of hydrogen-bond acceptors (Lipinski definition) is 3. The van der Waals surface area contributed by atoms with Gasteiger partial charge in [0.1, 0.15) is 0 Å². The topological polar surface area (TPSA) is 15.3 Å². The number of thiophene rings is 1. The summed E-state index contributed by atoms with van der Waals surface area (Å²) in [5.41, 5.74) is 0. The highest BCUT2D eigenvalue weighted by Crippen LogP contribution is 2.32. The fourth-order valence-corrected chi connectivity index (χ4v) is 4.95. The molecule has 21 heavy (non-hydrogen) atoms. The van der Waals surface area contributed by atoms with Crippen LogP contribution in [-0.2, 0) is 6.42 Å². The number of likely N-dealkylation sites (N-methyl/N-ethyl adjacent to an activating group) is 1. The quantitative estimate of drug-likeness (QED) is 0.887. The molecule has 1 saturated carbocycles. The Bertz CT molecular complexity index is 417. The molecule has 1 aromatic heterocycles. The highest BCUT2D eigenvalue weighted by atomic mass is 32.1. The molecular weight excluding hydrogens is 276 g/mol. The van der Waals surface area contributed by atoms with Crippen molar-refractivity contribution in [2.45, 2.75) is 70.0 Å². The van der Waals surface area contributed by atoms with E-state index >= 15 is 0 Å². The van der Waals surface area contributed by atoms with Gasteiger partial charge in [0.05, 0.1) is 0 Å². The Morgan fingerprint density at radius 3 is 2.95 bits per heavy atom. The van der Waals surface area contributed by atoms with Crippen LogP contribution < -0.4 is 5.32 Å². The minimum absolute atomic E-state index is 0.634. The average Bonchev–Trinajstić information content (AvgIpc) is 3.00. The van der Waals surface area contributed by atoms with Crippen molar-refractivity contribution in [3.63, 3.8) is 0 Å². The molecule has 1 N–H and O–H groups in total. The summed E-state index contributed by atoms with van der Waals surface area (Å²) in [7, 11) is 2.30. The number of hydrogen-bond donors (Lipinski definition) is 1. The minimum atomic E-state index is 0.634. The van der Waals surface area contributed by atoms with Gasteiger partial charge in [-0.2, -0.15) is 0 Å². The van der Waals surface area contributed by atoms with E-state index in [1.165, 1.54) is 56.4 Å². The summed E-state index contributed by atoms with van der Waals surface area (Å²) in [6.45, 7) is 3.57. The molecule has 0 bridgehead atoms. The van der Waals surface area contributed by atoms with Gasteiger partial charge >= 0.3 is 0 Å². The first kappa shape index (κ1) is 15.5. The lowest BCUT2D eigenvalue weighted by Gasteiger charge is -2.42. The van der Waals surface area contributed by atoms with Crippen LogP contribution in [0.15, 0.2) is 17.5 Å². The second kappa shape index (κ2) is 7.26. The largest absolute Gasteiger partial charge is 0.310 e. The molecule has 2 heterocycles. The predicted octanol–water partition coefficient (Wildman–Crippen LogP) is 3.92. The van der Waals surface area contributed by atoms with Crippen LogP contribution in [-0.4, -0.2) is 36.6 Å². The molecule has 1 saturated heterocycles. The van der Waals surface area contributed by atoms with Crippen LogP contribution in [0.1, 0.15) is 50.3 Å². The van der Waals surface area contributed by atoms with Gasteiger partial charge in [-0.1, -0.05) is 18.9 Å². The number of rotatable bonds is 5. The minimum Gasteiger partial charge on any atom is -0.310 e. The molecule has 3 heteroatoms. The summed E-state index contributed by atoms with van der Waals surface area (Å²) in [6.07, 6.45) is 9.79. The van der Waals surface area contributed by atoms with E-state index in [-0.39, 0.29) is 0 Å². The van der Waals surface area contributed by atoms with Crippen molar-refractivity contribution in [1.82, 2.24) is 10.2 Å². The maximum Gasteiger partial charge on any atom is 0.0197 e. The van der Waals surface area contributed by atoms with Crippen molar-refractivity contribution in [3.05, 3.63) is 22.4 Å². The molecule has 1 aromatic rings. The van der Waals surface area contributed by atoms with E-state index in [1.807, 2.05) is 11.3 Å². The number of nitrogens with zero attached hydrogens (tertiary/aromatic N) is 1. The van der Waals surface area contributed by atoms with Gasteiger partial charge in [0.25, 0.3) is 0 Å². The van der Waals surface area contributed by atoms with Crippen molar-refractivity contribution in [3.8, 4) is 0 Å². The molecule has 1 aliphatic carbocycles. The second-order valence-electron chi connectivity index (χ2n) is 7.16. The number of piperidine rings is 1. The predicted molar refractivity (Wildman–Crippen MR) is 92.0 cm³/mol. The molecular formula is C18H30N2S.